The number of benzene rings is 1. The molecule has 2 aromatic heterocycles. The number of ether oxygens (including phenoxy) is 1. The van der Waals surface area contributed by atoms with Crippen molar-refractivity contribution >= 4 is 17.2 Å². The SMILES string of the molecule is COc1ccc([C@H]2Cn3ccnc3CN2C(=O)c2cccs2)cc1. The van der Waals surface area contributed by atoms with Crippen molar-refractivity contribution < 1.29 is 9.53 Å². The van der Waals surface area contributed by atoms with Crippen LogP contribution in [0.5, 0.6) is 5.75 Å². The number of carbonyl (C=O) groups excluding carboxylic acids is 1. The Morgan fingerprint density at radius 1 is 1.29 bits per heavy atom. The predicted octanol–water partition coefficient (Wildman–Crippen LogP) is 3.35. The molecule has 1 atom stereocenters. The number of nitrogens with zero attached hydrogens (tertiary/aromatic N) is 3. The van der Waals surface area contributed by atoms with E-state index in [1.807, 2.05) is 52.9 Å². The van der Waals surface area contributed by atoms with Gasteiger partial charge in [-0.2, -0.15) is 0 Å². The predicted molar refractivity (Wildman–Crippen MR) is 92.2 cm³/mol. The molecule has 1 aliphatic heterocycles. The van der Waals surface area contributed by atoms with Gasteiger partial charge in [0.25, 0.3) is 5.91 Å². The summed E-state index contributed by atoms with van der Waals surface area (Å²) in [4.78, 5) is 20.0. The zero-order chi connectivity index (χ0) is 16.5. The van der Waals surface area contributed by atoms with Crippen molar-refractivity contribution in [1.82, 2.24) is 14.5 Å². The zero-order valence-corrected chi connectivity index (χ0v) is 14.1. The Labute approximate surface area is 144 Å². The highest BCUT2D eigenvalue weighted by atomic mass is 32.1. The number of hydrogen-bond donors (Lipinski definition) is 0. The third kappa shape index (κ3) is 2.59. The van der Waals surface area contributed by atoms with Crippen molar-refractivity contribution in [2.24, 2.45) is 0 Å². The maximum Gasteiger partial charge on any atom is 0.264 e. The second-order valence-corrected chi connectivity index (χ2v) is 6.64. The Balaban J connectivity index is 1.71. The van der Waals surface area contributed by atoms with Crippen LogP contribution in [0.1, 0.15) is 27.1 Å². The highest BCUT2D eigenvalue weighted by Gasteiger charge is 2.32. The fourth-order valence-electron chi connectivity index (χ4n) is 3.07. The van der Waals surface area contributed by atoms with Crippen molar-refractivity contribution in [2.75, 3.05) is 7.11 Å². The Morgan fingerprint density at radius 2 is 2.12 bits per heavy atom. The molecule has 0 spiro atoms. The van der Waals surface area contributed by atoms with Gasteiger partial charge in [0, 0.05) is 18.9 Å². The molecule has 4 rings (SSSR count). The van der Waals surface area contributed by atoms with Crippen LogP contribution in [0.2, 0.25) is 0 Å². The van der Waals surface area contributed by atoms with E-state index in [4.69, 9.17) is 4.74 Å². The van der Waals surface area contributed by atoms with Gasteiger partial charge < -0.3 is 14.2 Å². The molecule has 3 aromatic rings. The first kappa shape index (κ1) is 15.0. The van der Waals surface area contributed by atoms with E-state index in [-0.39, 0.29) is 11.9 Å². The molecule has 0 aliphatic carbocycles. The van der Waals surface area contributed by atoms with E-state index in [1.54, 1.807) is 13.3 Å². The third-order valence-electron chi connectivity index (χ3n) is 4.35. The molecule has 0 bridgehead atoms. The van der Waals surface area contributed by atoms with Crippen molar-refractivity contribution in [3.05, 3.63) is 70.4 Å². The minimum Gasteiger partial charge on any atom is -0.497 e. The van der Waals surface area contributed by atoms with Crippen molar-refractivity contribution in [3.63, 3.8) is 0 Å². The number of hydrogen-bond acceptors (Lipinski definition) is 4. The highest BCUT2D eigenvalue weighted by molar-refractivity contribution is 7.12. The van der Waals surface area contributed by atoms with Gasteiger partial charge in [0.1, 0.15) is 11.6 Å². The second-order valence-electron chi connectivity index (χ2n) is 5.70. The molecule has 0 saturated carbocycles. The molecule has 122 valence electrons. The summed E-state index contributed by atoms with van der Waals surface area (Å²) >= 11 is 1.47. The van der Waals surface area contributed by atoms with E-state index >= 15 is 0 Å². The number of aromatic nitrogens is 2. The number of thiophene rings is 1. The summed E-state index contributed by atoms with van der Waals surface area (Å²) < 4.78 is 7.36. The van der Waals surface area contributed by atoms with Crippen LogP contribution in [-0.4, -0.2) is 27.5 Å². The smallest absolute Gasteiger partial charge is 0.264 e. The van der Waals surface area contributed by atoms with E-state index in [1.165, 1.54) is 11.3 Å². The van der Waals surface area contributed by atoms with Crippen molar-refractivity contribution in [2.45, 2.75) is 19.1 Å². The van der Waals surface area contributed by atoms with Crippen LogP contribution >= 0.6 is 11.3 Å². The topological polar surface area (TPSA) is 47.4 Å². The van der Waals surface area contributed by atoms with Gasteiger partial charge in [-0.25, -0.2) is 4.98 Å². The number of imidazole rings is 1. The van der Waals surface area contributed by atoms with Gasteiger partial charge in [0.15, 0.2) is 0 Å². The average Bonchev–Trinajstić information content (AvgIpc) is 3.31. The minimum absolute atomic E-state index is 0.0211. The first-order chi connectivity index (χ1) is 11.8. The van der Waals surface area contributed by atoms with Crippen LogP contribution in [0, 0.1) is 0 Å². The monoisotopic (exact) mass is 339 g/mol. The van der Waals surface area contributed by atoms with Gasteiger partial charge in [-0.15, -0.1) is 11.3 Å². The number of fused-ring (bicyclic) bond motifs is 1. The molecular formula is C18H17N3O2S. The number of amides is 1. The molecular weight excluding hydrogens is 322 g/mol. The molecule has 5 nitrogen and oxygen atoms in total. The molecule has 0 saturated heterocycles. The Morgan fingerprint density at radius 3 is 2.83 bits per heavy atom. The molecule has 0 fully saturated rings. The molecule has 24 heavy (non-hydrogen) atoms. The standard InChI is InChI=1S/C18H17N3O2S/c1-23-14-6-4-13(5-7-14)15-11-20-9-8-19-17(20)12-21(15)18(22)16-3-2-10-24-16/h2-10,15H,11-12H2,1H3/t15-/m1/s1. The Kier molecular flexibility index (Phi) is 3.82. The highest BCUT2D eigenvalue weighted by Crippen LogP contribution is 2.32. The largest absolute Gasteiger partial charge is 0.497 e. The van der Waals surface area contributed by atoms with E-state index in [0.717, 1.165) is 22.0 Å². The fourth-order valence-corrected chi connectivity index (χ4v) is 3.75. The molecule has 6 heteroatoms. The molecule has 1 aliphatic rings. The van der Waals surface area contributed by atoms with Crippen molar-refractivity contribution in [1.29, 1.82) is 0 Å². The molecule has 0 N–H and O–H groups in total. The fraction of sp³-hybridized carbons (Fsp3) is 0.222. The number of methoxy groups -OCH3 is 1. The lowest BCUT2D eigenvalue weighted by Crippen LogP contribution is -2.40. The van der Waals surface area contributed by atoms with Crippen LogP contribution in [0.3, 0.4) is 0 Å². The minimum atomic E-state index is -0.0211. The van der Waals surface area contributed by atoms with Gasteiger partial charge in [-0.3, -0.25) is 4.79 Å². The van der Waals surface area contributed by atoms with Gasteiger partial charge in [0.05, 0.1) is 24.6 Å². The summed E-state index contributed by atoms with van der Waals surface area (Å²) in [6.45, 7) is 1.22. The zero-order valence-electron chi connectivity index (χ0n) is 13.3. The van der Waals surface area contributed by atoms with Crippen LogP contribution < -0.4 is 4.74 Å². The lowest BCUT2D eigenvalue weighted by Gasteiger charge is -2.36. The van der Waals surface area contributed by atoms with E-state index in [0.29, 0.717) is 13.1 Å². The van der Waals surface area contributed by atoms with Gasteiger partial charge in [0.2, 0.25) is 0 Å². The van der Waals surface area contributed by atoms with Crippen LogP contribution in [0.4, 0.5) is 0 Å². The van der Waals surface area contributed by atoms with E-state index in [9.17, 15) is 4.79 Å². The summed E-state index contributed by atoms with van der Waals surface area (Å²) in [6, 6.07) is 11.7. The lowest BCUT2D eigenvalue weighted by molar-refractivity contribution is 0.0589. The van der Waals surface area contributed by atoms with Gasteiger partial charge in [-0.1, -0.05) is 18.2 Å². The Hall–Kier alpha value is -2.60. The summed E-state index contributed by atoms with van der Waals surface area (Å²) in [5.74, 6) is 1.79. The van der Waals surface area contributed by atoms with Gasteiger partial charge in [-0.05, 0) is 29.1 Å². The summed E-state index contributed by atoms with van der Waals surface area (Å²) in [5.41, 5.74) is 1.10. The summed E-state index contributed by atoms with van der Waals surface area (Å²) in [7, 11) is 1.65. The average molecular weight is 339 g/mol. The molecule has 0 radical (unpaired) electrons. The second kappa shape index (κ2) is 6.13. The summed E-state index contributed by atoms with van der Waals surface area (Å²) in [5, 5.41) is 1.93. The Bertz CT molecular complexity index is 840. The number of rotatable bonds is 3. The maximum absolute atomic E-state index is 13.0. The first-order valence-corrected chi connectivity index (χ1v) is 8.62. The maximum atomic E-state index is 13.0. The quantitative estimate of drug-likeness (QED) is 0.735. The van der Waals surface area contributed by atoms with Crippen LogP contribution in [0.25, 0.3) is 0 Å². The normalized spacial score (nSPS) is 16.7. The first-order valence-electron chi connectivity index (χ1n) is 7.74. The molecule has 3 heterocycles. The van der Waals surface area contributed by atoms with Crippen molar-refractivity contribution in [3.8, 4) is 5.75 Å². The van der Waals surface area contributed by atoms with Crippen LogP contribution in [-0.2, 0) is 13.1 Å². The van der Waals surface area contributed by atoms with Crippen LogP contribution in [0.15, 0.2) is 54.2 Å². The molecule has 0 unspecified atom stereocenters. The van der Waals surface area contributed by atoms with Gasteiger partial charge >= 0.3 is 0 Å². The van der Waals surface area contributed by atoms with E-state index < -0.39 is 0 Å². The third-order valence-corrected chi connectivity index (χ3v) is 5.21. The lowest BCUT2D eigenvalue weighted by atomic mass is 10.0. The number of carbonyl (C=O) groups is 1. The molecule has 1 amide bonds. The molecule has 1 aromatic carbocycles. The van der Waals surface area contributed by atoms with E-state index in [2.05, 4.69) is 9.55 Å². The summed E-state index contributed by atoms with van der Waals surface area (Å²) in [6.07, 6.45) is 3.76.